The smallest absolute Gasteiger partial charge is 0.379 e. The number of carbonyl (C=O) groups excluding carboxylic acids is 1. The van der Waals surface area contributed by atoms with Crippen molar-refractivity contribution in [1.82, 2.24) is 29.9 Å². The Kier molecular flexibility index (Phi) is 6.89. The van der Waals surface area contributed by atoms with Gasteiger partial charge in [0.25, 0.3) is 5.91 Å². The highest BCUT2D eigenvalue weighted by Gasteiger charge is 2.32. The highest BCUT2D eigenvalue weighted by Crippen LogP contribution is 2.35. The minimum Gasteiger partial charge on any atom is -0.379 e. The number of hydrogen-bond acceptors (Lipinski definition) is 6. The number of benzene rings is 2. The van der Waals surface area contributed by atoms with Gasteiger partial charge in [-0.1, -0.05) is 17.3 Å². The molecule has 1 aliphatic rings. The average molecular weight is 570 g/mol. The molecule has 9 nitrogen and oxygen atoms in total. The molecule has 0 unspecified atom stereocenters. The van der Waals surface area contributed by atoms with Crippen molar-refractivity contribution in [2.75, 3.05) is 25.5 Å². The molecular weight excluding hydrogens is 542 g/mol. The Bertz CT molecular complexity index is 1710. The maximum absolute atomic E-state index is 14.7. The zero-order valence-corrected chi connectivity index (χ0v) is 22.0. The molecule has 5 aromatic rings. The van der Waals surface area contributed by atoms with E-state index in [1.165, 1.54) is 0 Å². The zero-order chi connectivity index (χ0) is 28.7. The fraction of sp³-hybridized carbons (Fsp3) is 0.321. The van der Waals surface area contributed by atoms with Crippen LogP contribution in [0, 0.1) is 0 Å². The van der Waals surface area contributed by atoms with Gasteiger partial charge in [0.1, 0.15) is 12.7 Å². The molecule has 6 rings (SSSR count). The molecule has 3 aromatic heterocycles. The van der Waals surface area contributed by atoms with Crippen molar-refractivity contribution in [3.05, 3.63) is 66.2 Å². The molecule has 4 heterocycles. The Labute approximate surface area is 231 Å². The van der Waals surface area contributed by atoms with Gasteiger partial charge in [0, 0.05) is 41.4 Å². The minimum absolute atomic E-state index is 0.0306. The lowest BCUT2D eigenvalue weighted by Crippen LogP contribution is -2.46. The third kappa shape index (κ3) is 5.62. The summed E-state index contributed by atoms with van der Waals surface area (Å²) >= 11 is 0. The first-order valence-electron chi connectivity index (χ1n) is 13.1. The van der Waals surface area contributed by atoms with Crippen molar-refractivity contribution in [1.29, 1.82) is 0 Å². The van der Waals surface area contributed by atoms with Crippen LogP contribution in [0.3, 0.4) is 0 Å². The number of halogens is 4. The van der Waals surface area contributed by atoms with Crippen LogP contribution >= 0.6 is 0 Å². The van der Waals surface area contributed by atoms with Gasteiger partial charge in [0.15, 0.2) is 0 Å². The summed E-state index contributed by atoms with van der Waals surface area (Å²) in [7, 11) is 1.85. The number of nitrogens with zero attached hydrogens (tertiary/aromatic N) is 4. The quantitative estimate of drug-likeness (QED) is 0.235. The van der Waals surface area contributed by atoms with E-state index in [1.807, 2.05) is 24.1 Å². The molecule has 214 valence electrons. The molecule has 2 atom stereocenters. The molecule has 0 radical (unpaired) electrons. The van der Waals surface area contributed by atoms with Crippen molar-refractivity contribution < 1.29 is 26.9 Å². The molecule has 1 aliphatic heterocycles. The van der Waals surface area contributed by atoms with Gasteiger partial charge in [-0.2, -0.15) is 18.2 Å². The van der Waals surface area contributed by atoms with Gasteiger partial charge < -0.3 is 29.6 Å². The van der Waals surface area contributed by atoms with Crippen molar-refractivity contribution in [2.24, 2.45) is 0 Å². The molecule has 41 heavy (non-hydrogen) atoms. The molecule has 0 bridgehead atoms. The number of aromatic amines is 1. The molecule has 3 N–H and O–H groups in total. The number of carbonyl (C=O) groups is 1. The molecule has 2 aromatic carbocycles. The summed E-state index contributed by atoms with van der Waals surface area (Å²) in [5.74, 6) is -0.401. The number of H-pyrrole nitrogens is 1. The van der Waals surface area contributed by atoms with E-state index >= 15 is 0 Å². The maximum atomic E-state index is 14.7. The van der Waals surface area contributed by atoms with Crippen LogP contribution in [0.2, 0.25) is 0 Å². The molecule has 0 aliphatic carbocycles. The highest BCUT2D eigenvalue weighted by molar-refractivity contribution is 5.98. The van der Waals surface area contributed by atoms with Crippen LogP contribution in [-0.4, -0.2) is 69.0 Å². The zero-order valence-electron chi connectivity index (χ0n) is 22.0. The molecule has 0 saturated carbocycles. The second kappa shape index (κ2) is 10.5. The lowest BCUT2D eigenvalue weighted by atomic mass is 10.0. The SMILES string of the molecule is CN1CC[C@@H](Nc2cccc3c2cc(-c2noc(CNC(=O)c4ccc5cc[nH]c5c4)n2)n3CC(F)(F)F)[C@@H](F)C1. The standard InChI is InChI=1S/C28H27F4N7O2/c1-38-10-8-21(19(29)14-38)35-20-3-2-4-23-18(20)12-24(39(23)15-28(30,31)32)26-36-25(41-37-26)13-34-27(40)17-6-5-16-7-9-33-22(16)11-17/h2-7,9,11-12,19,21,33,35H,8,10,13-15H2,1H3,(H,34,40)/t19-,21+/m0/s1. The molecule has 1 amide bonds. The summed E-state index contributed by atoms with van der Waals surface area (Å²) in [6.45, 7) is -0.417. The van der Waals surface area contributed by atoms with Crippen LogP contribution in [0.1, 0.15) is 22.7 Å². The van der Waals surface area contributed by atoms with E-state index in [0.29, 0.717) is 35.1 Å². The van der Waals surface area contributed by atoms with Crippen molar-refractivity contribution in [3.8, 4) is 11.5 Å². The number of aromatic nitrogens is 4. The normalized spacial score (nSPS) is 18.3. The van der Waals surface area contributed by atoms with Crippen LogP contribution in [-0.2, 0) is 13.1 Å². The highest BCUT2D eigenvalue weighted by atomic mass is 19.4. The van der Waals surface area contributed by atoms with Crippen LogP contribution in [0.25, 0.3) is 33.3 Å². The fourth-order valence-electron chi connectivity index (χ4n) is 5.24. The van der Waals surface area contributed by atoms with E-state index in [-0.39, 0.29) is 36.4 Å². The number of nitrogens with one attached hydrogen (secondary N) is 3. The monoisotopic (exact) mass is 569 g/mol. The minimum atomic E-state index is -4.52. The van der Waals surface area contributed by atoms with Gasteiger partial charge in [-0.3, -0.25) is 4.79 Å². The summed E-state index contributed by atoms with van der Waals surface area (Å²) in [6, 6.07) is 13.1. The van der Waals surface area contributed by atoms with Gasteiger partial charge in [0.2, 0.25) is 11.7 Å². The summed E-state index contributed by atoms with van der Waals surface area (Å²) in [5, 5.41) is 11.2. The van der Waals surface area contributed by atoms with Crippen molar-refractivity contribution in [3.63, 3.8) is 0 Å². The summed E-state index contributed by atoms with van der Waals surface area (Å²) in [6.07, 6.45) is -3.32. The van der Waals surface area contributed by atoms with Gasteiger partial charge in [0.05, 0.1) is 23.8 Å². The van der Waals surface area contributed by atoms with E-state index in [0.717, 1.165) is 15.5 Å². The van der Waals surface area contributed by atoms with Crippen molar-refractivity contribution >= 4 is 33.4 Å². The Balaban J connectivity index is 1.26. The van der Waals surface area contributed by atoms with Crippen molar-refractivity contribution in [2.45, 2.75) is 37.9 Å². The third-order valence-electron chi connectivity index (χ3n) is 7.28. The number of piperidine rings is 1. The summed E-state index contributed by atoms with van der Waals surface area (Å²) < 4.78 is 62.0. The largest absolute Gasteiger partial charge is 0.406 e. The van der Waals surface area contributed by atoms with Gasteiger partial charge >= 0.3 is 6.18 Å². The lowest BCUT2D eigenvalue weighted by molar-refractivity contribution is -0.139. The second-order valence-corrected chi connectivity index (χ2v) is 10.3. The number of anilines is 1. The van der Waals surface area contributed by atoms with E-state index in [4.69, 9.17) is 4.52 Å². The first-order valence-corrected chi connectivity index (χ1v) is 13.1. The molecular formula is C28H27F4N7O2. The average Bonchev–Trinajstić information content (AvgIpc) is 3.67. The first kappa shape index (κ1) is 26.8. The van der Waals surface area contributed by atoms with E-state index in [9.17, 15) is 22.4 Å². The van der Waals surface area contributed by atoms with E-state index in [1.54, 1.807) is 42.6 Å². The summed E-state index contributed by atoms with van der Waals surface area (Å²) in [5.41, 5.74) is 2.14. The fourth-order valence-corrected chi connectivity index (χ4v) is 5.24. The number of hydrogen-bond donors (Lipinski definition) is 3. The number of likely N-dealkylation sites (tertiary alicyclic amines) is 1. The number of alkyl halides is 4. The predicted octanol–water partition coefficient (Wildman–Crippen LogP) is 5.12. The Morgan fingerprint density at radius 3 is 2.85 bits per heavy atom. The molecule has 0 spiro atoms. The Morgan fingerprint density at radius 2 is 2.05 bits per heavy atom. The molecule has 1 saturated heterocycles. The van der Waals surface area contributed by atoms with Gasteiger partial charge in [-0.15, -0.1) is 0 Å². The van der Waals surface area contributed by atoms with Gasteiger partial charge in [-0.05, 0) is 55.3 Å². The Hall–Kier alpha value is -4.39. The molecule has 1 fully saturated rings. The van der Waals surface area contributed by atoms with Gasteiger partial charge in [-0.25, -0.2) is 4.39 Å². The van der Waals surface area contributed by atoms with E-state index in [2.05, 4.69) is 25.8 Å². The maximum Gasteiger partial charge on any atom is 0.406 e. The Morgan fingerprint density at radius 1 is 1.20 bits per heavy atom. The third-order valence-corrected chi connectivity index (χ3v) is 7.28. The van der Waals surface area contributed by atoms with Crippen LogP contribution < -0.4 is 10.6 Å². The second-order valence-electron chi connectivity index (χ2n) is 10.3. The number of amides is 1. The number of rotatable bonds is 7. The van der Waals surface area contributed by atoms with Crippen LogP contribution in [0.4, 0.5) is 23.2 Å². The lowest BCUT2D eigenvalue weighted by Gasteiger charge is -2.33. The number of fused-ring (bicyclic) bond motifs is 2. The predicted molar refractivity (Wildman–Crippen MR) is 145 cm³/mol. The molecule has 13 heteroatoms. The summed E-state index contributed by atoms with van der Waals surface area (Å²) in [4.78, 5) is 21.9. The van der Waals surface area contributed by atoms with Crippen LogP contribution in [0.5, 0.6) is 0 Å². The van der Waals surface area contributed by atoms with Crippen LogP contribution in [0.15, 0.2) is 59.3 Å². The topological polar surface area (TPSA) is 104 Å². The first-order chi connectivity index (χ1) is 19.6. The van der Waals surface area contributed by atoms with E-state index < -0.39 is 24.9 Å².